The van der Waals surface area contributed by atoms with Crippen LogP contribution in [0.25, 0.3) is 0 Å². The van der Waals surface area contributed by atoms with Gasteiger partial charge in [-0.15, -0.1) is 0 Å². The van der Waals surface area contributed by atoms with Crippen molar-refractivity contribution in [1.29, 1.82) is 0 Å². The lowest BCUT2D eigenvalue weighted by atomic mass is 9.87. The molecule has 1 fully saturated rings. The Labute approximate surface area is 95.9 Å². The van der Waals surface area contributed by atoms with Gasteiger partial charge in [0.25, 0.3) is 0 Å². The minimum Gasteiger partial charge on any atom is -0.486 e. The molecule has 2 heterocycles. The van der Waals surface area contributed by atoms with E-state index in [1.807, 2.05) is 19.1 Å². The van der Waals surface area contributed by atoms with Crippen molar-refractivity contribution in [1.82, 2.24) is 0 Å². The average Bonchev–Trinajstić information content (AvgIpc) is 2.79. The van der Waals surface area contributed by atoms with Gasteiger partial charge in [-0.1, -0.05) is 24.3 Å². The lowest BCUT2D eigenvalue weighted by Gasteiger charge is -2.33. The molecule has 3 rings (SSSR count). The van der Waals surface area contributed by atoms with Crippen molar-refractivity contribution in [2.24, 2.45) is 5.92 Å². The van der Waals surface area contributed by atoms with Crippen LogP contribution in [0.2, 0.25) is 0 Å². The molecule has 1 saturated heterocycles. The lowest BCUT2D eigenvalue weighted by Crippen LogP contribution is -2.32. The number of allylic oxidation sites excluding steroid dienone is 1. The third kappa shape index (κ3) is 1.45. The smallest absolute Gasteiger partial charge is 0.126 e. The zero-order valence-corrected chi connectivity index (χ0v) is 9.43. The van der Waals surface area contributed by atoms with Crippen molar-refractivity contribution < 1.29 is 9.47 Å². The maximum absolute atomic E-state index is 6.02. The number of ether oxygens (including phenoxy) is 2. The summed E-state index contributed by atoms with van der Waals surface area (Å²) < 4.78 is 11.9. The molecule has 0 radical (unpaired) electrons. The van der Waals surface area contributed by atoms with Gasteiger partial charge in [0.1, 0.15) is 11.9 Å². The average molecular weight is 216 g/mol. The highest BCUT2D eigenvalue weighted by molar-refractivity contribution is 5.39. The van der Waals surface area contributed by atoms with Gasteiger partial charge in [-0.05, 0) is 25.5 Å². The maximum atomic E-state index is 6.02. The number of hydrogen-bond donors (Lipinski definition) is 0. The van der Waals surface area contributed by atoms with Crippen molar-refractivity contribution >= 4 is 0 Å². The van der Waals surface area contributed by atoms with Crippen LogP contribution in [0.4, 0.5) is 0 Å². The Kier molecular flexibility index (Phi) is 2.44. The summed E-state index contributed by atoms with van der Waals surface area (Å²) in [5.74, 6) is 1.46. The number of hydrogen-bond acceptors (Lipinski definition) is 2. The highest BCUT2D eigenvalue weighted by Crippen LogP contribution is 2.45. The molecule has 0 aliphatic carbocycles. The van der Waals surface area contributed by atoms with Crippen LogP contribution in [0.1, 0.15) is 25.0 Å². The molecule has 0 amide bonds. The van der Waals surface area contributed by atoms with E-state index >= 15 is 0 Å². The van der Waals surface area contributed by atoms with E-state index < -0.39 is 0 Å². The molecule has 0 bridgehead atoms. The van der Waals surface area contributed by atoms with Gasteiger partial charge in [0.2, 0.25) is 0 Å². The Hall–Kier alpha value is -1.28. The summed E-state index contributed by atoms with van der Waals surface area (Å²) in [6, 6.07) is 8.21. The van der Waals surface area contributed by atoms with Crippen LogP contribution < -0.4 is 4.74 Å². The molecule has 1 aromatic rings. The third-order valence-electron chi connectivity index (χ3n) is 3.43. The summed E-state index contributed by atoms with van der Waals surface area (Å²) in [5.41, 5.74) is 1.21. The molecule has 2 heteroatoms. The fourth-order valence-electron chi connectivity index (χ4n) is 2.69. The molecule has 84 valence electrons. The van der Waals surface area contributed by atoms with E-state index in [0.717, 1.165) is 18.8 Å². The molecule has 3 atom stereocenters. The Bertz CT molecular complexity index is 411. The molecule has 16 heavy (non-hydrogen) atoms. The number of benzene rings is 1. The van der Waals surface area contributed by atoms with Crippen LogP contribution in [0.15, 0.2) is 36.4 Å². The van der Waals surface area contributed by atoms with Crippen molar-refractivity contribution in [2.45, 2.75) is 25.6 Å². The Balaban J connectivity index is 2.02. The monoisotopic (exact) mass is 216 g/mol. The van der Waals surface area contributed by atoms with Gasteiger partial charge >= 0.3 is 0 Å². The number of fused-ring (bicyclic) bond motifs is 3. The first-order valence-electron chi connectivity index (χ1n) is 5.90. The van der Waals surface area contributed by atoms with Crippen LogP contribution in [0, 0.1) is 5.92 Å². The predicted octanol–water partition coefficient (Wildman–Crippen LogP) is 3.10. The molecular formula is C14H16O2. The second-order valence-electron chi connectivity index (χ2n) is 4.39. The van der Waals surface area contributed by atoms with Gasteiger partial charge in [-0.2, -0.15) is 0 Å². The second kappa shape index (κ2) is 3.95. The Morgan fingerprint density at radius 1 is 1.31 bits per heavy atom. The third-order valence-corrected chi connectivity index (χ3v) is 3.43. The van der Waals surface area contributed by atoms with Gasteiger partial charge in [0.05, 0.1) is 6.10 Å². The van der Waals surface area contributed by atoms with E-state index in [-0.39, 0.29) is 12.2 Å². The van der Waals surface area contributed by atoms with Crippen LogP contribution in [0.3, 0.4) is 0 Å². The van der Waals surface area contributed by atoms with Crippen LogP contribution in [-0.4, -0.2) is 12.7 Å². The van der Waals surface area contributed by atoms with E-state index in [4.69, 9.17) is 9.47 Å². The van der Waals surface area contributed by atoms with Gasteiger partial charge in [0.15, 0.2) is 0 Å². The van der Waals surface area contributed by atoms with Gasteiger partial charge in [0, 0.05) is 18.1 Å². The topological polar surface area (TPSA) is 18.5 Å². The standard InChI is InChI=1S/C14H16O2/c1-2-5-12-11-8-9-15-14(11)10-6-3-4-7-13(10)16-12/h2-7,11-12,14H,8-9H2,1H3/b5-2+/t11-,12-,14-/m1/s1. The summed E-state index contributed by atoms with van der Waals surface area (Å²) in [6.07, 6.45) is 5.70. The van der Waals surface area contributed by atoms with E-state index in [9.17, 15) is 0 Å². The first kappa shape index (κ1) is 9.91. The summed E-state index contributed by atoms with van der Waals surface area (Å²) in [7, 11) is 0. The van der Waals surface area contributed by atoms with Crippen LogP contribution in [0.5, 0.6) is 5.75 Å². The predicted molar refractivity (Wildman–Crippen MR) is 62.5 cm³/mol. The maximum Gasteiger partial charge on any atom is 0.126 e. The Morgan fingerprint density at radius 3 is 3.06 bits per heavy atom. The van der Waals surface area contributed by atoms with Gasteiger partial charge in [-0.25, -0.2) is 0 Å². The molecule has 0 aromatic heterocycles. The zero-order chi connectivity index (χ0) is 11.0. The molecule has 0 N–H and O–H groups in total. The fraction of sp³-hybridized carbons (Fsp3) is 0.429. The molecule has 2 aliphatic rings. The molecule has 1 aromatic carbocycles. The SMILES string of the molecule is C/C=C/[C@H]1Oc2ccccc2[C@H]2OCC[C@@H]21. The first-order chi connectivity index (χ1) is 7.90. The largest absolute Gasteiger partial charge is 0.486 e. The van der Waals surface area contributed by atoms with Gasteiger partial charge < -0.3 is 9.47 Å². The van der Waals surface area contributed by atoms with Crippen molar-refractivity contribution in [3.05, 3.63) is 42.0 Å². The van der Waals surface area contributed by atoms with Crippen LogP contribution >= 0.6 is 0 Å². The summed E-state index contributed by atoms with van der Waals surface area (Å²) >= 11 is 0. The van der Waals surface area contributed by atoms with E-state index in [1.54, 1.807) is 0 Å². The fourth-order valence-corrected chi connectivity index (χ4v) is 2.69. The van der Waals surface area contributed by atoms with Crippen molar-refractivity contribution in [2.75, 3.05) is 6.61 Å². The normalized spacial score (nSPS) is 32.2. The second-order valence-corrected chi connectivity index (χ2v) is 4.39. The van der Waals surface area contributed by atoms with Gasteiger partial charge in [-0.3, -0.25) is 0 Å². The highest BCUT2D eigenvalue weighted by atomic mass is 16.5. The lowest BCUT2D eigenvalue weighted by molar-refractivity contribution is 0.0363. The summed E-state index contributed by atoms with van der Waals surface area (Å²) in [6.45, 7) is 2.88. The minimum atomic E-state index is 0.174. The molecule has 2 aliphatic heterocycles. The summed E-state index contributed by atoms with van der Waals surface area (Å²) in [4.78, 5) is 0. The first-order valence-corrected chi connectivity index (χ1v) is 5.90. The van der Waals surface area contributed by atoms with Crippen molar-refractivity contribution in [3.8, 4) is 5.75 Å². The number of rotatable bonds is 1. The quantitative estimate of drug-likeness (QED) is 0.671. The zero-order valence-electron chi connectivity index (χ0n) is 9.43. The van der Waals surface area contributed by atoms with E-state index in [0.29, 0.717) is 5.92 Å². The molecule has 0 unspecified atom stereocenters. The molecule has 0 spiro atoms. The van der Waals surface area contributed by atoms with Crippen LogP contribution in [-0.2, 0) is 4.74 Å². The van der Waals surface area contributed by atoms with E-state index in [1.165, 1.54) is 5.56 Å². The molecule has 0 saturated carbocycles. The Morgan fingerprint density at radius 2 is 2.19 bits per heavy atom. The minimum absolute atomic E-state index is 0.174. The van der Waals surface area contributed by atoms with E-state index in [2.05, 4.69) is 24.3 Å². The number of para-hydroxylation sites is 1. The molecular weight excluding hydrogens is 200 g/mol. The molecule has 2 nitrogen and oxygen atoms in total. The van der Waals surface area contributed by atoms with Crippen molar-refractivity contribution in [3.63, 3.8) is 0 Å². The summed E-state index contributed by atoms with van der Waals surface area (Å²) in [5, 5.41) is 0. The highest BCUT2D eigenvalue weighted by Gasteiger charge is 2.40.